The van der Waals surface area contributed by atoms with Crippen LogP contribution in [0.3, 0.4) is 0 Å². The van der Waals surface area contributed by atoms with Gasteiger partial charge >= 0.3 is 0 Å². The second kappa shape index (κ2) is 10.1. The van der Waals surface area contributed by atoms with E-state index in [2.05, 4.69) is 48.5 Å². The maximum atomic E-state index is 2.54. The van der Waals surface area contributed by atoms with Crippen LogP contribution in [0.1, 0.15) is 113 Å². The Morgan fingerprint density at radius 2 is 1.52 bits per heavy atom. The molecule has 1 saturated carbocycles. The van der Waals surface area contributed by atoms with Crippen LogP contribution in [0, 0.1) is 35.0 Å². The van der Waals surface area contributed by atoms with Crippen molar-refractivity contribution in [2.75, 3.05) is 0 Å². The molecule has 1 rings (SSSR count). The van der Waals surface area contributed by atoms with Crippen LogP contribution in [0.5, 0.6) is 0 Å². The molecule has 0 aromatic carbocycles. The molecule has 1 fully saturated rings. The Morgan fingerprint density at radius 3 is 2.00 bits per heavy atom. The third-order valence-corrected chi connectivity index (χ3v) is 7.89. The van der Waals surface area contributed by atoms with Crippen LogP contribution in [0.25, 0.3) is 0 Å². The summed E-state index contributed by atoms with van der Waals surface area (Å²) in [6.45, 7) is 17.2. The van der Waals surface area contributed by atoms with Crippen LogP contribution < -0.4 is 0 Å². The summed E-state index contributed by atoms with van der Waals surface area (Å²) in [5.41, 5.74) is 0.536. The Balaban J connectivity index is 2.34. The first-order valence-corrected chi connectivity index (χ1v) is 10.9. The molecule has 0 aromatic rings. The lowest BCUT2D eigenvalue weighted by Gasteiger charge is -2.40. The summed E-state index contributed by atoms with van der Waals surface area (Å²) in [6, 6.07) is 0. The van der Waals surface area contributed by atoms with Gasteiger partial charge in [0.05, 0.1) is 0 Å². The minimum Gasteiger partial charge on any atom is -0.0651 e. The highest BCUT2D eigenvalue weighted by Crippen LogP contribution is 2.43. The van der Waals surface area contributed by atoms with E-state index in [0.717, 1.165) is 29.6 Å². The molecule has 0 nitrogen and oxygen atoms in total. The number of hydrogen-bond donors (Lipinski definition) is 0. The molecular weight excluding hydrogens is 276 g/mol. The Morgan fingerprint density at radius 1 is 0.870 bits per heavy atom. The predicted octanol–water partition coefficient (Wildman–Crippen LogP) is 8.11. The maximum absolute atomic E-state index is 2.54. The van der Waals surface area contributed by atoms with E-state index in [1.165, 1.54) is 64.2 Å². The fourth-order valence-electron chi connectivity index (χ4n) is 4.71. The second-order valence-electron chi connectivity index (χ2n) is 9.17. The van der Waals surface area contributed by atoms with Crippen LogP contribution >= 0.6 is 0 Å². The molecule has 5 atom stereocenters. The third kappa shape index (κ3) is 6.43. The van der Waals surface area contributed by atoms with Gasteiger partial charge in [0.1, 0.15) is 0 Å². The first kappa shape index (κ1) is 21.0. The molecule has 0 amide bonds. The van der Waals surface area contributed by atoms with Crippen molar-refractivity contribution in [2.45, 2.75) is 113 Å². The van der Waals surface area contributed by atoms with Crippen LogP contribution in [0.15, 0.2) is 0 Å². The highest BCUT2D eigenvalue weighted by molar-refractivity contribution is 4.83. The predicted molar refractivity (Wildman–Crippen MR) is 106 cm³/mol. The lowest BCUT2D eigenvalue weighted by atomic mass is 9.65. The Labute approximate surface area is 148 Å². The molecule has 138 valence electrons. The number of rotatable bonds is 13. The smallest absolute Gasteiger partial charge is 0.0277 e. The minimum absolute atomic E-state index is 0.536. The van der Waals surface area contributed by atoms with Crippen molar-refractivity contribution in [1.29, 1.82) is 0 Å². The average molecular weight is 323 g/mol. The summed E-state index contributed by atoms with van der Waals surface area (Å²) in [7, 11) is 0. The normalized spacial score (nSPS) is 23.1. The summed E-state index contributed by atoms with van der Waals surface area (Å²) in [6.07, 6.45) is 14.4. The first-order valence-electron chi connectivity index (χ1n) is 10.9. The summed E-state index contributed by atoms with van der Waals surface area (Å²) in [4.78, 5) is 0. The van der Waals surface area contributed by atoms with E-state index in [0.29, 0.717) is 5.41 Å². The molecule has 0 saturated heterocycles. The van der Waals surface area contributed by atoms with Gasteiger partial charge in [0.15, 0.2) is 0 Å². The first-order chi connectivity index (χ1) is 10.9. The van der Waals surface area contributed by atoms with Crippen molar-refractivity contribution in [1.82, 2.24) is 0 Å². The molecule has 23 heavy (non-hydrogen) atoms. The Kier molecular flexibility index (Phi) is 9.24. The summed E-state index contributed by atoms with van der Waals surface area (Å²) in [5.74, 6) is 4.74. The van der Waals surface area contributed by atoms with E-state index < -0.39 is 0 Å². The highest BCUT2D eigenvalue weighted by atomic mass is 14.4. The lowest BCUT2D eigenvalue weighted by molar-refractivity contribution is 0.0938. The molecule has 0 aromatic heterocycles. The monoisotopic (exact) mass is 322 g/mol. The van der Waals surface area contributed by atoms with E-state index in [1.54, 1.807) is 0 Å². The van der Waals surface area contributed by atoms with E-state index in [1.807, 2.05) is 0 Å². The Hall–Kier alpha value is 0. The van der Waals surface area contributed by atoms with E-state index in [-0.39, 0.29) is 0 Å². The van der Waals surface area contributed by atoms with E-state index in [9.17, 15) is 0 Å². The van der Waals surface area contributed by atoms with Crippen molar-refractivity contribution in [3.05, 3.63) is 0 Å². The minimum atomic E-state index is 0.536. The summed E-state index contributed by atoms with van der Waals surface area (Å²) in [5, 5.41) is 0. The van der Waals surface area contributed by atoms with Crippen molar-refractivity contribution >= 4 is 0 Å². The lowest BCUT2D eigenvalue weighted by Crippen LogP contribution is -2.32. The Bertz CT molecular complexity index is 303. The molecule has 0 radical (unpaired) electrons. The topological polar surface area (TPSA) is 0 Å². The van der Waals surface area contributed by atoms with Crippen LogP contribution in [0.4, 0.5) is 0 Å². The zero-order chi connectivity index (χ0) is 17.5. The molecule has 0 spiro atoms. The van der Waals surface area contributed by atoms with Crippen molar-refractivity contribution in [3.63, 3.8) is 0 Å². The van der Waals surface area contributed by atoms with Gasteiger partial charge < -0.3 is 0 Å². The van der Waals surface area contributed by atoms with Gasteiger partial charge in [-0.25, -0.2) is 0 Å². The van der Waals surface area contributed by atoms with E-state index >= 15 is 0 Å². The van der Waals surface area contributed by atoms with Gasteiger partial charge in [-0.3, -0.25) is 0 Å². The van der Waals surface area contributed by atoms with Crippen molar-refractivity contribution in [3.8, 4) is 0 Å². The van der Waals surface area contributed by atoms with Gasteiger partial charge in [-0.15, -0.1) is 0 Å². The van der Waals surface area contributed by atoms with Gasteiger partial charge in [-0.2, -0.15) is 0 Å². The third-order valence-electron chi connectivity index (χ3n) is 7.89. The fourth-order valence-corrected chi connectivity index (χ4v) is 4.71. The van der Waals surface area contributed by atoms with Crippen molar-refractivity contribution in [2.24, 2.45) is 35.0 Å². The molecular formula is C23H46. The fraction of sp³-hybridized carbons (Fsp3) is 1.00. The quantitative estimate of drug-likeness (QED) is 0.321. The molecule has 5 unspecified atom stereocenters. The highest BCUT2D eigenvalue weighted by Gasteiger charge is 2.33. The van der Waals surface area contributed by atoms with Crippen LogP contribution in [-0.2, 0) is 0 Å². The summed E-state index contributed by atoms with van der Waals surface area (Å²) >= 11 is 0. The second-order valence-corrected chi connectivity index (χ2v) is 9.17. The summed E-state index contributed by atoms with van der Waals surface area (Å²) < 4.78 is 0. The molecule has 0 aliphatic heterocycles. The zero-order valence-corrected chi connectivity index (χ0v) is 17.5. The van der Waals surface area contributed by atoms with Gasteiger partial charge in [0.2, 0.25) is 0 Å². The molecule has 1 aliphatic rings. The van der Waals surface area contributed by atoms with E-state index in [4.69, 9.17) is 0 Å². The van der Waals surface area contributed by atoms with Gasteiger partial charge in [0, 0.05) is 0 Å². The molecule has 0 bridgehead atoms. The van der Waals surface area contributed by atoms with Gasteiger partial charge in [-0.05, 0) is 41.4 Å². The standard InChI is InChI=1S/C23H46/c1-8-19(5)23(7,10-3)20(6)13-11-12-18(4)22(9-2)17-16-21-14-15-21/h18-22H,8-17H2,1-7H3. The molecule has 0 heteroatoms. The maximum Gasteiger partial charge on any atom is -0.0277 e. The SMILES string of the molecule is CCC(CCC1CC1)C(C)CCCC(C)C(C)(CC)C(C)CC. The zero-order valence-electron chi connectivity index (χ0n) is 17.5. The molecule has 0 N–H and O–H groups in total. The largest absolute Gasteiger partial charge is 0.0651 e. The molecule has 0 heterocycles. The molecule has 1 aliphatic carbocycles. The van der Waals surface area contributed by atoms with Gasteiger partial charge in [0.25, 0.3) is 0 Å². The van der Waals surface area contributed by atoms with Crippen LogP contribution in [-0.4, -0.2) is 0 Å². The van der Waals surface area contributed by atoms with Gasteiger partial charge in [-0.1, -0.05) is 106 Å². The van der Waals surface area contributed by atoms with Crippen LogP contribution in [0.2, 0.25) is 0 Å². The number of hydrogen-bond acceptors (Lipinski definition) is 0. The average Bonchev–Trinajstić information content (AvgIpc) is 3.37. The van der Waals surface area contributed by atoms with Crippen molar-refractivity contribution < 1.29 is 0 Å².